The molecule has 0 aromatic carbocycles. The first kappa shape index (κ1) is 23.4. The Morgan fingerprint density at radius 2 is 1.42 bits per heavy atom. The van der Waals surface area contributed by atoms with E-state index in [9.17, 15) is 20.1 Å². The van der Waals surface area contributed by atoms with Gasteiger partial charge in [-0.05, 0) is 19.3 Å². The number of aliphatic hydroxyl groups is 3. The van der Waals surface area contributed by atoms with Crippen LogP contribution in [0, 0.1) is 0 Å². The van der Waals surface area contributed by atoms with E-state index in [-0.39, 0.29) is 12.4 Å². The fraction of sp³-hybridized carbons (Fsp3) is 0.947. The molecule has 0 fully saturated rings. The van der Waals surface area contributed by atoms with Gasteiger partial charge in [0.05, 0.1) is 25.4 Å². The van der Waals surface area contributed by atoms with Gasteiger partial charge in [-0.1, -0.05) is 58.3 Å². The molecule has 0 amide bonds. The standard InChI is InChI=1S/C19H38O5/c1-3-4-5-9-12-16(20)15-18(22)17(21)13-10-7-6-8-11-14-19(23)24-2/h16-18,20-22H,3-15H2,1-2H3. The average molecular weight is 347 g/mol. The molecule has 0 aliphatic carbocycles. The first-order valence-corrected chi connectivity index (χ1v) is 9.62. The van der Waals surface area contributed by atoms with Crippen LogP contribution in [0.15, 0.2) is 0 Å². The highest BCUT2D eigenvalue weighted by molar-refractivity contribution is 5.68. The lowest BCUT2D eigenvalue weighted by Gasteiger charge is -2.20. The number of aliphatic hydroxyl groups excluding tert-OH is 3. The predicted molar refractivity (Wildman–Crippen MR) is 95.7 cm³/mol. The summed E-state index contributed by atoms with van der Waals surface area (Å²) in [6, 6.07) is 0. The highest BCUT2D eigenvalue weighted by Crippen LogP contribution is 2.15. The number of hydrogen-bond acceptors (Lipinski definition) is 5. The Morgan fingerprint density at radius 1 is 0.833 bits per heavy atom. The lowest BCUT2D eigenvalue weighted by Crippen LogP contribution is -2.30. The molecule has 5 nitrogen and oxygen atoms in total. The molecule has 5 heteroatoms. The summed E-state index contributed by atoms with van der Waals surface area (Å²) in [6.45, 7) is 2.15. The number of carbonyl (C=O) groups excluding carboxylic acids is 1. The second-order valence-corrected chi connectivity index (χ2v) is 6.76. The third kappa shape index (κ3) is 13.8. The molecule has 0 aliphatic rings. The zero-order valence-electron chi connectivity index (χ0n) is 15.6. The van der Waals surface area contributed by atoms with E-state index in [2.05, 4.69) is 11.7 Å². The Balaban J connectivity index is 3.57. The van der Waals surface area contributed by atoms with Crippen molar-refractivity contribution >= 4 is 5.97 Å². The summed E-state index contributed by atoms with van der Waals surface area (Å²) in [6.07, 6.45) is 8.94. The van der Waals surface area contributed by atoms with Crippen LogP contribution in [0.1, 0.15) is 90.4 Å². The maximum absolute atomic E-state index is 10.9. The van der Waals surface area contributed by atoms with E-state index in [0.29, 0.717) is 19.3 Å². The predicted octanol–water partition coefficient (Wildman–Crippen LogP) is 3.33. The Morgan fingerprint density at radius 3 is 2.08 bits per heavy atom. The Bertz CT molecular complexity index is 295. The Hall–Kier alpha value is -0.650. The molecule has 0 saturated carbocycles. The van der Waals surface area contributed by atoms with Crippen LogP contribution in [-0.4, -0.2) is 46.7 Å². The zero-order chi connectivity index (χ0) is 18.2. The molecular weight excluding hydrogens is 308 g/mol. The molecular formula is C19H38O5. The van der Waals surface area contributed by atoms with Crippen molar-refractivity contribution in [3.63, 3.8) is 0 Å². The Labute approximate surface area is 147 Å². The minimum absolute atomic E-state index is 0.165. The molecule has 0 bridgehead atoms. The first-order chi connectivity index (χ1) is 11.5. The van der Waals surface area contributed by atoms with E-state index in [0.717, 1.165) is 44.9 Å². The Kier molecular flexibility index (Phi) is 15.4. The minimum Gasteiger partial charge on any atom is -0.469 e. The van der Waals surface area contributed by atoms with Crippen LogP contribution < -0.4 is 0 Å². The number of esters is 1. The molecule has 0 saturated heterocycles. The molecule has 0 aromatic heterocycles. The van der Waals surface area contributed by atoms with Crippen molar-refractivity contribution in [2.45, 2.75) is 109 Å². The molecule has 3 unspecified atom stereocenters. The lowest BCUT2D eigenvalue weighted by molar-refractivity contribution is -0.140. The topological polar surface area (TPSA) is 87.0 Å². The maximum atomic E-state index is 10.9. The van der Waals surface area contributed by atoms with Gasteiger partial charge in [0.2, 0.25) is 0 Å². The second-order valence-electron chi connectivity index (χ2n) is 6.76. The smallest absolute Gasteiger partial charge is 0.305 e. The van der Waals surface area contributed by atoms with Gasteiger partial charge in [0.25, 0.3) is 0 Å². The molecule has 0 spiro atoms. The summed E-state index contributed by atoms with van der Waals surface area (Å²) in [7, 11) is 1.40. The van der Waals surface area contributed by atoms with Crippen molar-refractivity contribution < 1.29 is 24.9 Å². The minimum atomic E-state index is -0.842. The lowest BCUT2D eigenvalue weighted by atomic mass is 9.98. The summed E-state index contributed by atoms with van der Waals surface area (Å²) < 4.78 is 4.58. The molecule has 3 atom stereocenters. The van der Waals surface area contributed by atoms with Gasteiger partial charge < -0.3 is 20.1 Å². The molecule has 0 aliphatic heterocycles. The molecule has 0 aromatic rings. The van der Waals surface area contributed by atoms with Gasteiger partial charge in [0.15, 0.2) is 0 Å². The van der Waals surface area contributed by atoms with Crippen LogP contribution in [0.25, 0.3) is 0 Å². The highest BCUT2D eigenvalue weighted by atomic mass is 16.5. The molecule has 0 heterocycles. The third-order valence-electron chi connectivity index (χ3n) is 4.46. The summed E-state index contributed by atoms with van der Waals surface area (Å²) in [4.78, 5) is 10.9. The van der Waals surface area contributed by atoms with E-state index in [1.165, 1.54) is 20.0 Å². The maximum Gasteiger partial charge on any atom is 0.305 e. The SMILES string of the molecule is CCCCCCC(O)CC(O)C(O)CCCCCCCC(=O)OC. The van der Waals surface area contributed by atoms with Gasteiger partial charge in [0, 0.05) is 12.8 Å². The van der Waals surface area contributed by atoms with Crippen LogP contribution in [-0.2, 0) is 9.53 Å². The quantitative estimate of drug-likeness (QED) is 0.295. The normalized spacial score (nSPS) is 15.0. The fourth-order valence-electron chi connectivity index (χ4n) is 2.81. The average Bonchev–Trinajstić information content (AvgIpc) is 2.57. The van der Waals surface area contributed by atoms with Gasteiger partial charge in [-0.3, -0.25) is 4.79 Å². The number of ether oxygens (including phenoxy) is 1. The second kappa shape index (κ2) is 15.9. The van der Waals surface area contributed by atoms with Gasteiger partial charge in [-0.25, -0.2) is 0 Å². The van der Waals surface area contributed by atoms with E-state index >= 15 is 0 Å². The summed E-state index contributed by atoms with van der Waals surface area (Å²) in [5.41, 5.74) is 0. The summed E-state index contributed by atoms with van der Waals surface area (Å²) >= 11 is 0. The summed E-state index contributed by atoms with van der Waals surface area (Å²) in [5, 5.41) is 29.8. The van der Waals surface area contributed by atoms with Gasteiger partial charge in [-0.2, -0.15) is 0 Å². The summed E-state index contributed by atoms with van der Waals surface area (Å²) in [5.74, 6) is -0.165. The van der Waals surface area contributed by atoms with Gasteiger partial charge >= 0.3 is 5.97 Å². The van der Waals surface area contributed by atoms with E-state index in [4.69, 9.17) is 0 Å². The van der Waals surface area contributed by atoms with Crippen molar-refractivity contribution in [3.8, 4) is 0 Å². The van der Waals surface area contributed by atoms with Crippen molar-refractivity contribution in [2.24, 2.45) is 0 Å². The highest BCUT2D eigenvalue weighted by Gasteiger charge is 2.19. The van der Waals surface area contributed by atoms with Gasteiger partial charge in [-0.15, -0.1) is 0 Å². The van der Waals surface area contributed by atoms with Crippen LogP contribution in [0.5, 0.6) is 0 Å². The van der Waals surface area contributed by atoms with Crippen molar-refractivity contribution in [1.29, 1.82) is 0 Å². The van der Waals surface area contributed by atoms with E-state index in [1.54, 1.807) is 0 Å². The monoisotopic (exact) mass is 346 g/mol. The van der Waals surface area contributed by atoms with Crippen LogP contribution in [0.2, 0.25) is 0 Å². The molecule has 24 heavy (non-hydrogen) atoms. The van der Waals surface area contributed by atoms with E-state index < -0.39 is 18.3 Å². The largest absolute Gasteiger partial charge is 0.469 e. The van der Waals surface area contributed by atoms with Crippen molar-refractivity contribution in [3.05, 3.63) is 0 Å². The van der Waals surface area contributed by atoms with Crippen LogP contribution in [0.3, 0.4) is 0 Å². The van der Waals surface area contributed by atoms with E-state index in [1.807, 2.05) is 0 Å². The molecule has 0 radical (unpaired) electrons. The molecule has 0 rings (SSSR count). The molecule has 144 valence electrons. The number of methoxy groups -OCH3 is 1. The zero-order valence-corrected chi connectivity index (χ0v) is 15.6. The number of hydrogen-bond donors (Lipinski definition) is 3. The van der Waals surface area contributed by atoms with Crippen LogP contribution >= 0.6 is 0 Å². The van der Waals surface area contributed by atoms with Gasteiger partial charge in [0.1, 0.15) is 0 Å². The number of carbonyl (C=O) groups is 1. The van der Waals surface area contributed by atoms with Crippen LogP contribution in [0.4, 0.5) is 0 Å². The van der Waals surface area contributed by atoms with Crippen molar-refractivity contribution in [1.82, 2.24) is 0 Å². The third-order valence-corrected chi connectivity index (χ3v) is 4.46. The number of unbranched alkanes of at least 4 members (excludes halogenated alkanes) is 7. The number of rotatable bonds is 16. The first-order valence-electron chi connectivity index (χ1n) is 9.62. The van der Waals surface area contributed by atoms with Crippen molar-refractivity contribution in [2.75, 3.05) is 7.11 Å². The fourth-order valence-corrected chi connectivity index (χ4v) is 2.81. The molecule has 3 N–H and O–H groups in total.